The molecule has 10 heteroatoms. The maximum absolute atomic E-state index is 14.0. The topological polar surface area (TPSA) is 86.8 Å². The lowest BCUT2D eigenvalue weighted by atomic mass is 10.1. The Labute approximate surface area is 240 Å². The second kappa shape index (κ2) is 12.4. The fourth-order valence-corrected chi connectivity index (χ4v) is 5.82. The van der Waals surface area contributed by atoms with E-state index in [2.05, 4.69) is 5.32 Å². The van der Waals surface area contributed by atoms with Crippen molar-refractivity contribution < 1.29 is 18.0 Å². The maximum atomic E-state index is 14.0. The number of anilines is 1. The molecule has 0 saturated heterocycles. The van der Waals surface area contributed by atoms with E-state index in [1.807, 2.05) is 20.8 Å². The van der Waals surface area contributed by atoms with Crippen LogP contribution in [0.3, 0.4) is 0 Å². The van der Waals surface area contributed by atoms with Gasteiger partial charge in [0, 0.05) is 22.1 Å². The van der Waals surface area contributed by atoms with Gasteiger partial charge < -0.3 is 10.2 Å². The van der Waals surface area contributed by atoms with Crippen LogP contribution in [-0.4, -0.2) is 43.3 Å². The average Bonchev–Trinajstić information content (AvgIpc) is 2.87. The Bertz CT molecular complexity index is 1440. The Morgan fingerprint density at radius 1 is 0.897 bits per heavy atom. The normalized spacial score (nSPS) is 12.5. The number of hydrogen-bond acceptors (Lipinski definition) is 4. The molecular weight excluding hydrogens is 557 g/mol. The molecule has 7 nitrogen and oxygen atoms in total. The Balaban J connectivity index is 2.08. The molecule has 0 saturated carbocycles. The molecule has 0 aliphatic heterocycles. The minimum atomic E-state index is -4.18. The molecule has 0 bridgehead atoms. The quantitative estimate of drug-likeness (QED) is 0.340. The van der Waals surface area contributed by atoms with Crippen molar-refractivity contribution in [1.29, 1.82) is 0 Å². The lowest BCUT2D eigenvalue weighted by Gasteiger charge is -2.34. The molecule has 3 aromatic carbocycles. The average molecular weight is 591 g/mol. The molecule has 208 valence electrons. The van der Waals surface area contributed by atoms with Gasteiger partial charge in [0.2, 0.25) is 11.8 Å². The van der Waals surface area contributed by atoms with Crippen molar-refractivity contribution in [3.05, 3.63) is 94.0 Å². The molecule has 0 unspecified atom stereocenters. The minimum Gasteiger partial charge on any atom is -0.350 e. The second-order valence-corrected chi connectivity index (χ2v) is 12.9. The van der Waals surface area contributed by atoms with Crippen LogP contribution in [-0.2, 0) is 26.2 Å². The van der Waals surface area contributed by atoms with Crippen LogP contribution in [0, 0.1) is 6.92 Å². The highest BCUT2D eigenvalue weighted by Gasteiger charge is 2.34. The number of hydrogen-bond donors (Lipinski definition) is 1. The molecule has 0 spiro atoms. The highest BCUT2D eigenvalue weighted by atomic mass is 35.5. The van der Waals surface area contributed by atoms with Gasteiger partial charge in [0.05, 0.1) is 10.6 Å². The third-order valence-corrected chi connectivity index (χ3v) is 8.63. The summed E-state index contributed by atoms with van der Waals surface area (Å²) in [6, 6.07) is 18.8. The minimum absolute atomic E-state index is 0.00495. The lowest BCUT2D eigenvalue weighted by Crippen LogP contribution is -2.54. The molecule has 0 aliphatic carbocycles. The summed E-state index contributed by atoms with van der Waals surface area (Å²) in [5.74, 6) is -0.954. The van der Waals surface area contributed by atoms with Crippen molar-refractivity contribution >= 4 is 50.7 Å². The molecular formula is C29H33Cl2N3O4S. The summed E-state index contributed by atoms with van der Waals surface area (Å²) in [6.07, 6.45) is 0. The van der Waals surface area contributed by atoms with E-state index >= 15 is 0 Å². The third kappa shape index (κ3) is 7.53. The van der Waals surface area contributed by atoms with Crippen LogP contribution < -0.4 is 9.62 Å². The fraction of sp³-hybridized carbons (Fsp3) is 0.310. The van der Waals surface area contributed by atoms with Gasteiger partial charge in [-0.25, -0.2) is 8.42 Å². The Morgan fingerprint density at radius 3 is 2.10 bits per heavy atom. The molecule has 0 aliphatic rings. The van der Waals surface area contributed by atoms with Crippen molar-refractivity contribution in [3.63, 3.8) is 0 Å². The van der Waals surface area contributed by atoms with Gasteiger partial charge in [-0.3, -0.25) is 13.9 Å². The van der Waals surface area contributed by atoms with Gasteiger partial charge in [-0.1, -0.05) is 65.7 Å². The first-order valence-corrected chi connectivity index (χ1v) is 14.6. The van der Waals surface area contributed by atoms with Crippen LogP contribution in [0.2, 0.25) is 10.0 Å². The maximum Gasteiger partial charge on any atom is 0.264 e. The summed E-state index contributed by atoms with van der Waals surface area (Å²) in [6.45, 7) is 8.27. The van der Waals surface area contributed by atoms with Gasteiger partial charge in [0.15, 0.2) is 0 Å². The number of halogens is 2. The molecule has 1 atom stereocenters. The van der Waals surface area contributed by atoms with Gasteiger partial charge in [-0.2, -0.15) is 0 Å². The van der Waals surface area contributed by atoms with Gasteiger partial charge in [0.25, 0.3) is 10.0 Å². The Morgan fingerprint density at radius 2 is 1.49 bits per heavy atom. The predicted molar refractivity (Wildman–Crippen MR) is 157 cm³/mol. The summed E-state index contributed by atoms with van der Waals surface area (Å²) in [4.78, 5) is 28.5. The number of sulfonamides is 1. The molecule has 39 heavy (non-hydrogen) atoms. The number of benzene rings is 3. The number of nitrogens with one attached hydrogen (secondary N) is 1. The van der Waals surface area contributed by atoms with E-state index in [-0.39, 0.29) is 23.0 Å². The monoisotopic (exact) mass is 589 g/mol. The zero-order valence-electron chi connectivity index (χ0n) is 22.6. The standard InChI is InChI=1S/C29H33Cl2N3O4S/c1-20-24(30)16-11-17-26(20)34(39(37,38)23-13-7-6-8-14-23)19-27(35)33(18-22-12-9-10-15-25(22)31)21(2)28(36)32-29(3,4)5/h6-17,21H,18-19H2,1-5H3,(H,32,36)/t21-/m0/s1. The zero-order chi connectivity index (χ0) is 29.0. The van der Waals surface area contributed by atoms with Crippen LogP contribution in [0.4, 0.5) is 5.69 Å². The number of amides is 2. The van der Waals surface area contributed by atoms with Crippen molar-refractivity contribution in [2.24, 2.45) is 0 Å². The summed E-state index contributed by atoms with van der Waals surface area (Å²) in [5, 5.41) is 3.69. The third-order valence-electron chi connectivity index (χ3n) is 6.08. The Hall–Kier alpha value is -3.07. The smallest absolute Gasteiger partial charge is 0.264 e. The second-order valence-electron chi connectivity index (χ2n) is 10.2. The SMILES string of the molecule is Cc1c(Cl)cccc1N(CC(=O)N(Cc1ccccc1Cl)[C@@H](C)C(=O)NC(C)(C)C)S(=O)(=O)c1ccccc1. The van der Waals surface area contributed by atoms with Crippen molar-refractivity contribution in [1.82, 2.24) is 10.2 Å². The van der Waals surface area contributed by atoms with Gasteiger partial charge in [-0.05, 0) is 76.1 Å². The van der Waals surface area contributed by atoms with Gasteiger partial charge >= 0.3 is 0 Å². The first kappa shape index (κ1) is 30.5. The van der Waals surface area contributed by atoms with Crippen molar-refractivity contribution in [2.75, 3.05) is 10.8 Å². The molecule has 0 heterocycles. The predicted octanol–water partition coefficient (Wildman–Crippen LogP) is 5.83. The molecule has 0 aromatic heterocycles. The fourth-order valence-electron chi connectivity index (χ4n) is 3.97. The molecule has 3 aromatic rings. The van der Waals surface area contributed by atoms with E-state index in [1.54, 1.807) is 74.5 Å². The lowest BCUT2D eigenvalue weighted by molar-refractivity contribution is -0.140. The molecule has 1 N–H and O–H groups in total. The van der Waals surface area contributed by atoms with E-state index in [0.717, 1.165) is 4.31 Å². The summed E-state index contributed by atoms with van der Waals surface area (Å²) < 4.78 is 28.8. The van der Waals surface area contributed by atoms with E-state index in [4.69, 9.17) is 23.2 Å². The van der Waals surface area contributed by atoms with Crippen LogP contribution in [0.5, 0.6) is 0 Å². The van der Waals surface area contributed by atoms with Crippen LogP contribution in [0.25, 0.3) is 0 Å². The Kier molecular flexibility index (Phi) is 9.69. The summed E-state index contributed by atoms with van der Waals surface area (Å²) in [7, 11) is -4.18. The van der Waals surface area contributed by atoms with Crippen molar-refractivity contribution in [3.8, 4) is 0 Å². The largest absolute Gasteiger partial charge is 0.350 e. The number of rotatable bonds is 9. The first-order chi connectivity index (χ1) is 18.2. The van der Waals surface area contributed by atoms with E-state index < -0.39 is 34.1 Å². The van der Waals surface area contributed by atoms with E-state index in [0.29, 0.717) is 21.2 Å². The van der Waals surface area contributed by atoms with Crippen LogP contribution in [0.15, 0.2) is 77.7 Å². The zero-order valence-corrected chi connectivity index (χ0v) is 24.9. The highest BCUT2D eigenvalue weighted by Crippen LogP contribution is 2.31. The molecule has 0 radical (unpaired) electrons. The van der Waals surface area contributed by atoms with E-state index in [1.165, 1.54) is 17.0 Å². The number of carbonyl (C=O) groups excluding carboxylic acids is 2. The molecule has 0 fully saturated rings. The highest BCUT2D eigenvalue weighted by molar-refractivity contribution is 7.92. The summed E-state index contributed by atoms with van der Waals surface area (Å²) >= 11 is 12.7. The number of carbonyl (C=O) groups is 2. The van der Waals surface area contributed by atoms with Gasteiger partial charge in [-0.15, -0.1) is 0 Å². The van der Waals surface area contributed by atoms with Crippen LogP contribution in [0.1, 0.15) is 38.8 Å². The molecule has 2 amide bonds. The number of nitrogens with zero attached hydrogens (tertiary/aromatic N) is 2. The molecule has 3 rings (SSSR count). The summed E-state index contributed by atoms with van der Waals surface area (Å²) in [5.41, 5.74) is 0.858. The van der Waals surface area contributed by atoms with Gasteiger partial charge in [0.1, 0.15) is 12.6 Å². The van der Waals surface area contributed by atoms with E-state index in [9.17, 15) is 18.0 Å². The van der Waals surface area contributed by atoms with Crippen molar-refractivity contribution in [2.45, 2.75) is 57.6 Å². The first-order valence-electron chi connectivity index (χ1n) is 12.4. The van der Waals surface area contributed by atoms with Crippen LogP contribution >= 0.6 is 23.2 Å².